The molecule has 8 heteroatoms. The Kier molecular flexibility index (Phi) is 4.66. The Bertz CT molecular complexity index is 1300. The lowest BCUT2D eigenvalue weighted by Gasteiger charge is -2.01. The Morgan fingerprint density at radius 1 is 1.21 bits per heavy atom. The standard InChI is InChI=1S/C20H11FN4O2S/c21-14-6-2-3-7-15(14)24-25-16(10-22)19-23-17(11-28-19)13-9-12-5-1-4-8-18(12)27-20(13)26/h1-9,11,24H. The molecule has 0 unspecified atom stereocenters. The lowest BCUT2D eigenvalue weighted by Crippen LogP contribution is -2.05. The lowest BCUT2D eigenvalue weighted by molar-refractivity contribution is 0.563. The Morgan fingerprint density at radius 3 is 2.82 bits per heavy atom. The molecule has 136 valence electrons. The van der Waals surface area contributed by atoms with E-state index < -0.39 is 11.4 Å². The average Bonchev–Trinajstić information content (AvgIpc) is 3.19. The van der Waals surface area contributed by atoms with Gasteiger partial charge in [-0.25, -0.2) is 14.2 Å². The molecular formula is C20H11FN4O2S. The third-order valence-electron chi connectivity index (χ3n) is 3.89. The van der Waals surface area contributed by atoms with Crippen molar-refractivity contribution in [2.75, 3.05) is 5.43 Å². The van der Waals surface area contributed by atoms with E-state index in [0.717, 1.165) is 16.7 Å². The minimum atomic E-state index is -0.518. The molecule has 0 aliphatic rings. The van der Waals surface area contributed by atoms with Gasteiger partial charge in [0.25, 0.3) is 0 Å². The fourth-order valence-electron chi connectivity index (χ4n) is 2.54. The summed E-state index contributed by atoms with van der Waals surface area (Å²) in [6, 6.07) is 16.8. The van der Waals surface area contributed by atoms with Crippen molar-refractivity contribution < 1.29 is 8.81 Å². The number of rotatable bonds is 4. The van der Waals surface area contributed by atoms with Crippen molar-refractivity contribution in [2.45, 2.75) is 0 Å². The van der Waals surface area contributed by atoms with E-state index in [2.05, 4.69) is 15.5 Å². The zero-order valence-electron chi connectivity index (χ0n) is 14.2. The third kappa shape index (κ3) is 3.39. The van der Waals surface area contributed by atoms with Crippen molar-refractivity contribution in [2.24, 2.45) is 5.10 Å². The van der Waals surface area contributed by atoms with E-state index in [1.807, 2.05) is 18.2 Å². The predicted octanol–water partition coefficient (Wildman–Crippen LogP) is 4.40. The second-order valence-corrected chi connectivity index (χ2v) is 6.55. The van der Waals surface area contributed by atoms with Gasteiger partial charge in [-0.1, -0.05) is 30.3 Å². The van der Waals surface area contributed by atoms with Gasteiger partial charge in [-0.05, 0) is 24.3 Å². The SMILES string of the molecule is N#CC(=NNc1ccccc1F)c1nc(-c2cc3ccccc3oc2=O)cs1. The van der Waals surface area contributed by atoms with Gasteiger partial charge in [-0.2, -0.15) is 10.4 Å². The summed E-state index contributed by atoms with van der Waals surface area (Å²) in [5, 5.41) is 16.0. The number of thiazole rings is 1. The first-order valence-corrected chi connectivity index (χ1v) is 9.01. The van der Waals surface area contributed by atoms with Crippen molar-refractivity contribution in [3.63, 3.8) is 0 Å². The maximum Gasteiger partial charge on any atom is 0.345 e. The molecule has 6 nitrogen and oxygen atoms in total. The molecule has 28 heavy (non-hydrogen) atoms. The summed E-state index contributed by atoms with van der Waals surface area (Å²) in [6.45, 7) is 0. The number of para-hydroxylation sites is 2. The molecule has 0 radical (unpaired) electrons. The van der Waals surface area contributed by atoms with Gasteiger partial charge < -0.3 is 4.42 Å². The quantitative estimate of drug-likeness (QED) is 0.317. The van der Waals surface area contributed by atoms with Crippen molar-refractivity contribution in [1.82, 2.24) is 4.98 Å². The Hall–Kier alpha value is -3.83. The molecule has 2 heterocycles. The topological polar surface area (TPSA) is 91.3 Å². The van der Waals surface area contributed by atoms with Gasteiger partial charge in [0, 0.05) is 10.8 Å². The molecule has 4 rings (SSSR count). The third-order valence-corrected chi connectivity index (χ3v) is 4.74. The fourth-order valence-corrected chi connectivity index (χ4v) is 3.29. The van der Waals surface area contributed by atoms with Gasteiger partial charge in [-0.15, -0.1) is 11.3 Å². The monoisotopic (exact) mass is 390 g/mol. The highest BCUT2D eigenvalue weighted by atomic mass is 32.1. The van der Waals surface area contributed by atoms with Crippen molar-refractivity contribution >= 4 is 33.7 Å². The van der Waals surface area contributed by atoms with Crippen molar-refractivity contribution in [3.8, 4) is 17.3 Å². The second kappa shape index (κ2) is 7.42. The highest BCUT2D eigenvalue weighted by Crippen LogP contribution is 2.23. The van der Waals surface area contributed by atoms with Crippen LogP contribution in [0.25, 0.3) is 22.2 Å². The second-order valence-electron chi connectivity index (χ2n) is 5.69. The van der Waals surface area contributed by atoms with Gasteiger partial charge in [0.15, 0.2) is 10.7 Å². The van der Waals surface area contributed by atoms with Gasteiger partial charge in [0.05, 0.1) is 16.9 Å². The van der Waals surface area contributed by atoms with Crippen LogP contribution in [0.15, 0.2) is 74.3 Å². The summed E-state index contributed by atoms with van der Waals surface area (Å²) in [5.74, 6) is -0.489. The van der Waals surface area contributed by atoms with E-state index >= 15 is 0 Å². The van der Waals surface area contributed by atoms with E-state index in [4.69, 9.17) is 4.42 Å². The van der Waals surface area contributed by atoms with Gasteiger partial charge >= 0.3 is 5.63 Å². The van der Waals surface area contributed by atoms with Crippen LogP contribution in [0.4, 0.5) is 10.1 Å². The Balaban J connectivity index is 1.68. The molecule has 0 saturated heterocycles. The van der Waals surface area contributed by atoms with Crippen LogP contribution < -0.4 is 11.1 Å². The number of hydrogen-bond donors (Lipinski definition) is 1. The normalized spacial score (nSPS) is 11.4. The zero-order chi connectivity index (χ0) is 19.5. The van der Waals surface area contributed by atoms with Crippen LogP contribution in [0.2, 0.25) is 0 Å². The molecule has 0 bridgehead atoms. The predicted molar refractivity (Wildman–Crippen MR) is 106 cm³/mol. The van der Waals surface area contributed by atoms with Gasteiger partial charge in [0.1, 0.15) is 17.5 Å². The van der Waals surface area contributed by atoms with Crippen LogP contribution in [-0.2, 0) is 0 Å². The van der Waals surface area contributed by atoms with Crippen LogP contribution in [-0.4, -0.2) is 10.7 Å². The number of nitriles is 1. The molecular weight excluding hydrogens is 379 g/mol. The Labute approximate surface area is 162 Å². The lowest BCUT2D eigenvalue weighted by atomic mass is 10.1. The first-order chi connectivity index (χ1) is 13.7. The van der Waals surface area contributed by atoms with E-state index in [-0.39, 0.29) is 11.4 Å². The maximum atomic E-state index is 13.7. The number of halogens is 1. The maximum absolute atomic E-state index is 13.7. The van der Waals surface area contributed by atoms with Crippen molar-refractivity contribution in [1.29, 1.82) is 5.26 Å². The summed E-state index contributed by atoms with van der Waals surface area (Å²) in [5.41, 5.74) is 3.28. The number of benzene rings is 2. The molecule has 2 aromatic carbocycles. The number of hydrazone groups is 1. The number of hydrogen-bond acceptors (Lipinski definition) is 7. The molecule has 0 fully saturated rings. The molecule has 0 spiro atoms. The highest BCUT2D eigenvalue weighted by Gasteiger charge is 2.14. The summed E-state index contributed by atoms with van der Waals surface area (Å²) >= 11 is 1.15. The average molecular weight is 390 g/mol. The van der Waals surface area contributed by atoms with Crippen molar-refractivity contribution in [3.05, 3.63) is 81.2 Å². The minimum Gasteiger partial charge on any atom is -0.422 e. The molecule has 0 saturated carbocycles. The van der Waals surface area contributed by atoms with Crippen LogP contribution in [0, 0.1) is 17.1 Å². The molecule has 4 aromatic rings. The summed E-state index contributed by atoms with van der Waals surface area (Å²) in [7, 11) is 0. The molecule has 0 aliphatic heterocycles. The van der Waals surface area contributed by atoms with Gasteiger partial charge in [-0.3, -0.25) is 5.43 Å². The van der Waals surface area contributed by atoms with Crippen LogP contribution in [0.5, 0.6) is 0 Å². The van der Waals surface area contributed by atoms with E-state index in [1.54, 1.807) is 35.7 Å². The number of anilines is 1. The minimum absolute atomic E-state index is 0.0234. The van der Waals surface area contributed by atoms with Gasteiger partial charge in [0.2, 0.25) is 0 Å². The van der Waals surface area contributed by atoms with E-state index in [1.165, 1.54) is 12.1 Å². The van der Waals surface area contributed by atoms with E-state index in [0.29, 0.717) is 21.8 Å². The largest absolute Gasteiger partial charge is 0.422 e. The zero-order valence-corrected chi connectivity index (χ0v) is 15.0. The number of fused-ring (bicyclic) bond motifs is 1. The number of aromatic nitrogens is 1. The molecule has 0 atom stereocenters. The van der Waals surface area contributed by atoms with E-state index in [9.17, 15) is 14.4 Å². The fraction of sp³-hybridized carbons (Fsp3) is 0. The first-order valence-electron chi connectivity index (χ1n) is 8.13. The summed E-state index contributed by atoms with van der Waals surface area (Å²) in [4.78, 5) is 16.6. The van der Waals surface area contributed by atoms with Crippen LogP contribution in [0.1, 0.15) is 5.01 Å². The molecule has 0 aliphatic carbocycles. The first kappa shape index (κ1) is 17.6. The Morgan fingerprint density at radius 2 is 2.00 bits per heavy atom. The highest BCUT2D eigenvalue weighted by molar-refractivity contribution is 7.12. The van der Waals surface area contributed by atoms with Crippen LogP contribution in [0.3, 0.4) is 0 Å². The number of nitrogens with zero attached hydrogens (tertiary/aromatic N) is 3. The van der Waals surface area contributed by atoms with Crippen LogP contribution >= 0.6 is 11.3 Å². The smallest absolute Gasteiger partial charge is 0.345 e. The number of nitrogens with one attached hydrogen (secondary N) is 1. The molecule has 0 amide bonds. The molecule has 2 aromatic heterocycles. The summed E-state index contributed by atoms with van der Waals surface area (Å²) < 4.78 is 19.0. The summed E-state index contributed by atoms with van der Waals surface area (Å²) in [6.07, 6.45) is 0. The molecule has 1 N–H and O–H groups in total.